The fraction of sp³-hybridized carbons (Fsp3) is 0.167. The lowest BCUT2D eigenvalue weighted by Gasteiger charge is -2.18. The maximum atomic E-state index is 13.0. The summed E-state index contributed by atoms with van der Waals surface area (Å²) in [4.78, 5) is 25.9. The van der Waals surface area contributed by atoms with E-state index in [2.05, 4.69) is 6.07 Å². The molecule has 1 aromatic heterocycles. The average Bonchev–Trinajstić information content (AvgIpc) is 3.18. The zero-order chi connectivity index (χ0) is 16.8. The first-order valence-electron chi connectivity index (χ1n) is 7.63. The highest BCUT2D eigenvalue weighted by Gasteiger charge is 2.28. The highest BCUT2D eigenvalue weighted by atomic mass is 32.1. The van der Waals surface area contributed by atoms with E-state index in [9.17, 15) is 14.9 Å². The summed E-state index contributed by atoms with van der Waals surface area (Å²) >= 11 is 1.38. The number of nitrogens with zero attached hydrogens (tertiary/aromatic N) is 2. The van der Waals surface area contributed by atoms with E-state index < -0.39 is 4.92 Å². The minimum Gasteiger partial charge on any atom is -0.307 e. The number of amides is 1. The molecule has 0 atom stereocenters. The fourth-order valence-electron chi connectivity index (χ4n) is 3.24. The van der Waals surface area contributed by atoms with E-state index in [0.29, 0.717) is 11.4 Å². The molecule has 0 spiro atoms. The summed E-state index contributed by atoms with van der Waals surface area (Å²) in [6.07, 6.45) is 0.860. The minimum absolute atomic E-state index is 0.0353. The van der Waals surface area contributed by atoms with Gasteiger partial charge in [-0.05, 0) is 36.6 Å². The van der Waals surface area contributed by atoms with Gasteiger partial charge in [0.25, 0.3) is 11.6 Å². The second kappa shape index (κ2) is 5.42. The van der Waals surface area contributed by atoms with Crippen LogP contribution in [0.25, 0.3) is 10.1 Å². The van der Waals surface area contributed by atoms with E-state index in [0.717, 1.165) is 27.8 Å². The van der Waals surface area contributed by atoms with Crippen molar-refractivity contribution in [2.45, 2.75) is 13.3 Å². The number of hydrogen-bond donors (Lipinski definition) is 0. The second-order valence-electron chi connectivity index (χ2n) is 5.88. The Morgan fingerprint density at radius 1 is 1.25 bits per heavy atom. The first-order chi connectivity index (χ1) is 11.5. The molecule has 24 heavy (non-hydrogen) atoms. The Morgan fingerprint density at radius 3 is 2.88 bits per heavy atom. The van der Waals surface area contributed by atoms with Crippen LogP contribution in [0, 0.1) is 17.0 Å². The highest BCUT2D eigenvalue weighted by Crippen LogP contribution is 2.35. The number of nitro groups is 1. The molecule has 2 heterocycles. The molecule has 5 nitrogen and oxygen atoms in total. The smallest absolute Gasteiger partial charge is 0.270 e. The maximum Gasteiger partial charge on any atom is 0.270 e. The Kier molecular flexibility index (Phi) is 3.35. The molecule has 1 amide bonds. The number of nitro benzene ring substituents is 1. The molecule has 0 N–H and O–H groups in total. The van der Waals surface area contributed by atoms with Crippen molar-refractivity contribution in [2.24, 2.45) is 0 Å². The summed E-state index contributed by atoms with van der Waals surface area (Å²) in [5.74, 6) is -0.0353. The van der Waals surface area contributed by atoms with Crippen LogP contribution < -0.4 is 4.90 Å². The molecular weight excluding hydrogens is 324 g/mol. The average molecular weight is 338 g/mol. The van der Waals surface area contributed by atoms with Gasteiger partial charge in [-0.15, -0.1) is 11.3 Å². The summed E-state index contributed by atoms with van der Waals surface area (Å²) in [6.45, 7) is 2.69. The summed E-state index contributed by atoms with van der Waals surface area (Å²) in [5.41, 5.74) is 3.34. The summed E-state index contributed by atoms with van der Waals surface area (Å²) in [7, 11) is 0. The number of para-hydroxylation sites is 1. The lowest BCUT2D eigenvalue weighted by molar-refractivity contribution is -0.384. The molecule has 1 aliphatic rings. The number of thiophene rings is 1. The van der Waals surface area contributed by atoms with Gasteiger partial charge in [0.1, 0.15) is 0 Å². The summed E-state index contributed by atoms with van der Waals surface area (Å²) in [6, 6.07) is 12.5. The Hall–Kier alpha value is -2.73. The number of non-ortho nitro benzene ring substituents is 1. The van der Waals surface area contributed by atoms with Gasteiger partial charge in [0.15, 0.2) is 0 Å². The predicted molar refractivity (Wildman–Crippen MR) is 95.0 cm³/mol. The van der Waals surface area contributed by atoms with Crippen molar-refractivity contribution in [3.8, 4) is 0 Å². The third-order valence-corrected chi connectivity index (χ3v) is 5.47. The molecule has 3 aromatic rings. The largest absolute Gasteiger partial charge is 0.307 e. The molecule has 0 unspecified atom stereocenters. The van der Waals surface area contributed by atoms with Gasteiger partial charge in [0.05, 0.1) is 15.5 Å². The molecule has 6 heteroatoms. The van der Waals surface area contributed by atoms with E-state index in [4.69, 9.17) is 0 Å². The molecule has 0 saturated heterocycles. The molecule has 2 aromatic carbocycles. The first kappa shape index (κ1) is 14.8. The normalized spacial score (nSPS) is 13.3. The first-order valence-corrected chi connectivity index (χ1v) is 8.44. The van der Waals surface area contributed by atoms with Gasteiger partial charge in [-0.1, -0.05) is 18.2 Å². The lowest BCUT2D eigenvalue weighted by Crippen LogP contribution is -2.28. The van der Waals surface area contributed by atoms with Crippen LogP contribution in [0.5, 0.6) is 0 Å². The predicted octanol–water partition coefficient (Wildman–Crippen LogP) is 4.32. The van der Waals surface area contributed by atoms with Crippen LogP contribution in [-0.2, 0) is 6.42 Å². The number of benzene rings is 2. The van der Waals surface area contributed by atoms with Crippen molar-refractivity contribution in [3.05, 3.63) is 68.6 Å². The van der Waals surface area contributed by atoms with Crippen LogP contribution >= 0.6 is 11.3 Å². The number of rotatable bonds is 2. The van der Waals surface area contributed by atoms with Gasteiger partial charge in [0.2, 0.25) is 0 Å². The Balaban J connectivity index is 1.74. The molecule has 120 valence electrons. The third kappa shape index (κ3) is 2.27. The van der Waals surface area contributed by atoms with Crippen LogP contribution in [0.15, 0.2) is 42.5 Å². The van der Waals surface area contributed by atoms with Crippen molar-refractivity contribution in [1.29, 1.82) is 0 Å². The van der Waals surface area contributed by atoms with Crippen LogP contribution in [0.3, 0.4) is 0 Å². The van der Waals surface area contributed by atoms with Gasteiger partial charge in [-0.2, -0.15) is 0 Å². The van der Waals surface area contributed by atoms with E-state index in [1.165, 1.54) is 29.0 Å². The monoisotopic (exact) mass is 338 g/mol. The van der Waals surface area contributed by atoms with Crippen molar-refractivity contribution in [1.82, 2.24) is 0 Å². The van der Waals surface area contributed by atoms with Gasteiger partial charge in [0, 0.05) is 28.8 Å². The second-order valence-corrected chi connectivity index (χ2v) is 6.96. The van der Waals surface area contributed by atoms with Crippen molar-refractivity contribution < 1.29 is 9.72 Å². The third-order valence-electron chi connectivity index (χ3n) is 4.36. The van der Waals surface area contributed by atoms with E-state index in [1.807, 2.05) is 24.0 Å². The van der Waals surface area contributed by atoms with Crippen molar-refractivity contribution in [3.63, 3.8) is 0 Å². The molecule has 0 fully saturated rings. The van der Waals surface area contributed by atoms with E-state index >= 15 is 0 Å². The fourth-order valence-corrected chi connectivity index (χ4v) is 4.23. The molecule has 1 aliphatic heterocycles. The number of aryl methyl sites for hydroxylation is 1. The van der Waals surface area contributed by atoms with Gasteiger partial charge in [-0.25, -0.2) is 0 Å². The maximum absolute atomic E-state index is 13.0. The van der Waals surface area contributed by atoms with Crippen molar-refractivity contribution in [2.75, 3.05) is 11.4 Å². The molecule has 0 aliphatic carbocycles. The molecule has 0 radical (unpaired) electrons. The topological polar surface area (TPSA) is 63.5 Å². The van der Waals surface area contributed by atoms with Gasteiger partial charge in [-0.3, -0.25) is 14.9 Å². The number of carbonyl (C=O) groups excluding carboxylic acids is 1. The van der Waals surface area contributed by atoms with Crippen LogP contribution in [0.2, 0.25) is 0 Å². The summed E-state index contributed by atoms with van der Waals surface area (Å²) in [5, 5.41) is 11.6. The summed E-state index contributed by atoms with van der Waals surface area (Å²) < 4.78 is 0.883. The quantitative estimate of drug-likeness (QED) is 0.516. The zero-order valence-corrected chi connectivity index (χ0v) is 13.8. The molecular formula is C18H14N2O3S. The van der Waals surface area contributed by atoms with E-state index in [1.54, 1.807) is 12.1 Å². The molecule has 4 rings (SSSR count). The zero-order valence-electron chi connectivity index (χ0n) is 13.0. The lowest BCUT2D eigenvalue weighted by atomic mass is 10.1. The highest BCUT2D eigenvalue weighted by molar-refractivity contribution is 7.20. The number of fused-ring (bicyclic) bond motifs is 2. The SMILES string of the molecule is Cc1cccc2c1N(C(=O)c1cc3cc([N+](=O)[O-])ccc3s1)CC2. The van der Waals surface area contributed by atoms with E-state index in [-0.39, 0.29) is 11.6 Å². The van der Waals surface area contributed by atoms with Crippen LogP contribution in [0.1, 0.15) is 20.8 Å². The van der Waals surface area contributed by atoms with Crippen molar-refractivity contribution >= 4 is 38.7 Å². The van der Waals surface area contributed by atoms with Crippen LogP contribution in [0.4, 0.5) is 11.4 Å². The Labute approximate surface area is 142 Å². The van der Waals surface area contributed by atoms with Gasteiger partial charge < -0.3 is 4.90 Å². The molecule has 0 bridgehead atoms. The Bertz CT molecular complexity index is 993. The van der Waals surface area contributed by atoms with Crippen LogP contribution in [-0.4, -0.2) is 17.4 Å². The molecule has 0 saturated carbocycles. The Morgan fingerprint density at radius 2 is 2.08 bits per heavy atom. The number of carbonyl (C=O) groups is 1. The number of anilines is 1. The number of hydrogen-bond acceptors (Lipinski definition) is 4. The standard InChI is InChI=1S/C18H14N2O3S/c1-11-3-2-4-12-7-8-19(17(11)12)18(21)16-10-13-9-14(20(22)23)5-6-15(13)24-16/h2-6,9-10H,7-8H2,1H3. The minimum atomic E-state index is -0.418. The van der Waals surface area contributed by atoms with Gasteiger partial charge >= 0.3 is 0 Å².